The van der Waals surface area contributed by atoms with Crippen LogP contribution in [0, 0.1) is 0 Å². The zero-order valence-electron chi connectivity index (χ0n) is 9.79. The minimum atomic E-state index is 0.344. The van der Waals surface area contributed by atoms with Crippen LogP contribution in [0.15, 0.2) is 12.7 Å². The van der Waals surface area contributed by atoms with E-state index in [-0.39, 0.29) is 0 Å². The third-order valence-electron chi connectivity index (χ3n) is 3.07. The van der Waals surface area contributed by atoms with E-state index >= 15 is 0 Å². The lowest BCUT2D eigenvalue weighted by Gasteiger charge is -2.15. The van der Waals surface area contributed by atoms with E-state index in [1.165, 1.54) is 32.1 Å². The Balaban J connectivity index is 1.93. The van der Waals surface area contributed by atoms with E-state index in [4.69, 9.17) is 10.5 Å². The minimum Gasteiger partial charge on any atom is -0.378 e. The molecule has 2 heteroatoms. The molecule has 0 radical (unpaired) electrons. The number of hydrogen-bond donors (Lipinski definition) is 1. The normalized spacial score (nSPS) is 22.9. The van der Waals surface area contributed by atoms with Crippen LogP contribution in [0.3, 0.4) is 0 Å². The van der Waals surface area contributed by atoms with Gasteiger partial charge in [-0.05, 0) is 38.5 Å². The Labute approximate surface area is 93.9 Å². The fourth-order valence-corrected chi connectivity index (χ4v) is 2.16. The lowest BCUT2D eigenvalue weighted by Crippen LogP contribution is -2.25. The Hall–Kier alpha value is -0.340. The summed E-state index contributed by atoms with van der Waals surface area (Å²) >= 11 is 0. The van der Waals surface area contributed by atoms with Crippen LogP contribution in [0.25, 0.3) is 0 Å². The summed E-state index contributed by atoms with van der Waals surface area (Å²) in [5.74, 6) is 0. The number of unbranched alkanes of at least 4 members (excludes halogenated alkanes) is 3. The van der Waals surface area contributed by atoms with Crippen LogP contribution in [0.4, 0.5) is 0 Å². The number of allylic oxidation sites excluding steroid dienone is 1. The fourth-order valence-electron chi connectivity index (χ4n) is 2.16. The second kappa shape index (κ2) is 7.89. The van der Waals surface area contributed by atoms with E-state index in [9.17, 15) is 0 Å². The minimum absolute atomic E-state index is 0.344. The lowest BCUT2D eigenvalue weighted by atomic mass is 10.0. The molecule has 1 aliphatic heterocycles. The summed E-state index contributed by atoms with van der Waals surface area (Å²) in [6.45, 7) is 4.66. The van der Waals surface area contributed by atoms with Gasteiger partial charge in [0.25, 0.3) is 0 Å². The van der Waals surface area contributed by atoms with Gasteiger partial charge in [-0.15, -0.1) is 6.58 Å². The molecule has 1 aliphatic rings. The van der Waals surface area contributed by atoms with Crippen molar-refractivity contribution >= 4 is 0 Å². The zero-order chi connectivity index (χ0) is 10.9. The van der Waals surface area contributed by atoms with Gasteiger partial charge in [-0.25, -0.2) is 0 Å². The highest BCUT2D eigenvalue weighted by Crippen LogP contribution is 2.18. The molecule has 0 aromatic carbocycles. The molecule has 0 aromatic heterocycles. The summed E-state index contributed by atoms with van der Waals surface area (Å²) in [7, 11) is 0. The summed E-state index contributed by atoms with van der Waals surface area (Å²) in [5, 5.41) is 0. The molecule has 2 nitrogen and oxygen atoms in total. The molecular weight excluding hydrogens is 186 g/mol. The number of nitrogens with two attached hydrogens (primary N) is 1. The van der Waals surface area contributed by atoms with E-state index in [0.29, 0.717) is 12.1 Å². The molecule has 88 valence electrons. The van der Waals surface area contributed by atoms with Gasteiger partial charge in [0, 0.05) is 12.6 Å². The van der Waals surface area contributed by atoms with Gasteiger partial charge >= 0.3 is 0 Å². The van der Waals surface area contributed by atoms with Gasteiger partial charge in [0.05, 0.1) is 6.10 Å². The van der Waals surface area contributed by atoms with Crippen molar-refractivity contribution < 1.29 is 4.74 Å². The molecular formula is C13H25NO. The van der Waals surface area contributed by atoms with Crippen molar-refractivity contribution in [3.63, 3.8) is 0 Å². The van der Waals surface area contributed by atoms with Crippen molar-refractivity contribution in [2.45, 2.75) is 63.5 Å². The van der Waals surface area contributed by atoms with E-state index in [1.807, 2.05) is 6.08 Å². The van der Waals surface area contributed by atoms with Crippen molar-refractivity contribution in [3.05, 3.63) is 12.7 Å². The van der Waals surface area contributed by atoms with E-state index in [2.05, 4.69) is 6.58 Å². The van der Waals surface area contributed by atoms with E-state index in [0.717, 1.165) is 25.9 Å². The molecule has 0 bridgehead atoms. The molecule has 0 saturated carbocycles. The van der Waals surface area contributed by atoms with Gasteiger partial charge < -0.3 is 10.5 Å². The first-order valence-electron chi connectivity index (χ1n) is 6.31. The standard InChI is InChI=1S/C13H25NO/c1-2-3-4-5-6-8-12(14)11-13-9-7-10-15-13/h2,12-13H,1,3-11,14H2. The first-order chi connectivity index (χ1) is 7.33. The van der Waals surface area contributed by atoms with E-state index < -0.39 is 0 Å². The van der Waals surface area contributed by atoms with Crippen LogP contribution < -0.4 is 5.73 Å². The maximum Gasteiger partial charge on any atom is 0.0590 e. The van der Waals surface area contributed by atoms with Crippen molar-refractivity contribution in [1.29, 1.82) is 0 Å². The first-order valence-corrected chi connectivity index (χ1v) is 6.31. The van der Waals surface area contributed by atoms with Crippen molar-refractivity contribution in [2.24, 2.45) is 5.73 Å². The first kappa shape index (κ1) is 12.7. The summed E-state index contributed by atoms with van der Waals surface area (Å²) in [6, 6.07) is 0.344. The highest BCUT2D eigenvalue weighted by atomic mass is 16.5. The van der Waals surface area contributed by atoms with Gasteiger partial charge in [-0.3, -0.25) is 0 Å². The third kappa shape index (κ3) is 5.95. The van der Waals surface area contributed by atoms with Crippen LogP contribution >= 0.6 is 0 Å². The Bertz CT molecular complexity index is 164. The maximum absolute atomic E-state index is 6.07. The maximum atomic E-state index is 6.07. The lowest BCUT2D eigenvalue weighted by molar-refractivity contribution is 0.0973. The second-order valence-electron chi connectivity index (χ2n) is 4.56. The quantitative estimate of drug-likeness (QED) is 0.495. The topological polar surface area (TPSA) is 35.2 Å². The van der Waals surface area contributed by atoms with Gasteiger partial charge in [-0.2, -0.15) is 0 Å². The molecule has 0 spiro atoms. The molecule has 0 aliphatic carbocycles. The Morgan fingerprint density at radius 3 is 2.93 bits per heavy atom. The Morgan fingerprint density at radius 1 is 1.40 bits per heavy atom. The van der Waals surface area contributed by atoms with Crippen LogP contribution in [0.5, 0.6) is 0 Å². The summed E-state index contributed by atoms with van der Waals surface area (Å²) < 4.78 is 5.58. The van der Waals surface area contributed by atoms with E-state index in [1.54, 1.807) is 0 Å². The Morgan fingerprint density at radius 2 is 2.27 bits per heavy atom. The average Bonchev–Trinajstić information content (AvgIpc) is 2.70. The predicted octanol–water partition coefficient (Wildman–Crippen LogP) is 3.02. The van der Waals surface area contributed by atoms with Crippen LogP contribution in [-0.4, -0.2) is 18.8 Å². The number of rotatable bonds is 8. The molecule has 2 N–H and O–H groups in total. The van der Waals surface area contributed by atoms with Crippen LogP contribution in [0.1, 0.15) is 51.4 Å². The van der Waals surface area contributed by atoms with Gasteiger partial charge in [0.15, 0.2) is 0 Å². The van der Waals surface area contributed by atoms with Gasteiger partial charge in [0.2, 0.25) is 0 Å². The number of hydrogen-bond acceptors (Lipinski definition) is 2. The molecule has 1 fully saturated rings. The highest BCUT2D eigenvalue weighted by molar-refractivity contribution is 4.72. The van der Waals surface area contributed by atoms with Crippen LogP contribution in [-0.2, 0) is 4.74 Å². The molecule has 2 atom stereocenters. The molecule has 2 unspecified atom stereocenters. The third-order valence-corrected chi connectivity index (χ3v) is 3.07. The summed E-state index contributed by atoms with van der Waals surface area (Å²) in [6.07, 6.45) is 12.0. The Kier molecular flexibility index (Phi) is 6.69. The molecule has 0 aromatic rings. The largest absolute Gasteiger partial charge is 0.378 e. The summed E-state index contributed by atoms with van der Waals surface area (Å²) in [5.41, 5.74) is 6.07. The summed E-state index contributed by atoms with van der Waals surface area (Å²) in [4.78, 5) is 0. The zero-order valence-corrected chi connectivity index (χ0v) is 9.79. The smallest absolute Gasteiger partial charge is 0.0590 e. The molecule has 1 saturated heterocycles. The van der Waals surface area contributed by atoms with Gasteiger partial charge in [0.1, 0.15) is 0 Å². The highest BCUT2D eigenvalue weighted by Gasteiger charge is 2.18. The van der Waals surface area contributed by atoms with Crippen molar-refractivity contribution in [2.75, 3.05) is 6.61 Å². The molecule has 1 heterocycles. The number of ether oxygens (including phenoxy) is 1. The SMILES string of the molecule is C=CCCCCCC(N)CC1CCCO1. The van der Waals surface area contributed by atoms with Crippen molar-refractivity contribution in [3.8, 4) is 0 Å². The molecule has 15 heavy (non-hydrogen) atoms. The van der Waals surface area contributed by atoms with Gasteiger partial charge in [-0.1, -0.05) is 18.9 Å². The average molecular weight is 211 g/mol. The van der Waals surface area contributed by atoms with Crippen LogP contribution in [0.2, 0.25) is 0 Å². The fraction of sp³-hybridized carbons (Fsp3) is 0.846. The predicted molar refractivity (Wildman–Crippen MR) is 64.8 cm³/mol. The monoisotopic (exact) mass is 211 g/mol. The molecule has 1 rings (SSSR count). The second-order valence-corrected chi connectivity index (χ2v) is 4.56. The molecule has 0 amide bonds. The van der Waals surface area contributed by atoms with Crippen molar-refractivity contribution in [1.82, 2.24) is 0 Å².